The van der Waals surface area contributed by atoms with Gasteiger partial charge in [0.25, 0.3) is 5.91 Å². The summed E-state index contributed by atoms with van der Waals surface area (Å²) in [7, 11) is 0. The second-order valence-corrected chi connectivity index (χ2v) is 13.6. The summed E-state index contributed by atoms with van der Waals surface area (Å²) in [6.07, 6.45) is 1.53. The molecule has 0 aliphatic carbocycles. The Morgan fingerprint density at radius 1 is 0.810 bits per heavy atom. The third kappa shape index (κ3) is 7.51. The van der Waals surface area contributed by atoms with E-state index in [1.807, 2.05) is 22.6 Å². The third-order valence-electron chi connectivity index (χ3n) is 6.94. The van der Waals surface area contributed by atoms with Gasteiger partial charge in [-0.15, -0.1) is 0 Å². The SMILES string of the molecule is CC(C)(C)OC(=O)N1CCC[C@H]1C(=O)Nc1ccc(I)cc1C(=O)N1CCC[C@H]1C(=O)Nc1ccc(I)cc1C(=O)O. The molecule has 0 saturated carbocycles. The van der Waals surface area contributed by atoms with Gasteiger partial charge >= 0.3 is 12.1 Å². The molecule has 13 heteroatoms. The van der Waals surface area contributed by atoms with Gasteiger partial charge < -0.3 is 25.4 Å². The van der Waals surface area contributed by atoms with E-state index in [4.69, 9.17) is 4.74 Å². The van der Waals surface area contributed by atoms with Crippen molar-refractivity contribution < 1.29 is 33.8 Å². The summed E-state index contributed by atoms with van der Waals surface area (Å²) in [5, 5.41) is 15.1. The smallest absolute Gasteiger partial charge is 0.410 e. The van der Waals surface area contributed by atoms with Crippen LogP contribution >= 0.6 is 45.2 Å². The molecule has 4 rings (SSSR count). The summed E-state index contributed by atoms with van der Waals surface area (Å²) >= 11 is 4.07. The molecule has 0 unspecified atom stereocenters. The number of carbonyl (C=O) groups excluding carboxylic acids is 4. The highest BCUT2D eigenvalue weighted by Crippen LogP contribution is 2.29. The van der Waals surface area contributed by atoms with Gasteiger partial charge in [-0.2, -0.15) is 0 Å². The minimum atomic E-state index is -1.17. The number of carboxylic acid groups (broad SMARTS) is 1. The highest BCUT2D eigenvalue weighted by Gasteiger charge is 2.39. The fourth-order valence-electron chi connectivity index (χ4n) is 5.05. The number of likely N-dealkylation sites (tertiary alicyclic amines) is 2. The highest BCUT2D eigenvalue weighted by atomic mass is 127. The van der Waals surface area contributed by atoms with E-state index in [0.717, 1.165) is 3.57 Å². The minimum absolute atomic E-state index is 0.0407. The zero-order valence-electron chi connectivity index (χ0n) is 23.4. The normalized spacial score (nSPS) is 18.5. The van der Waals surface area contributed by atoms with Crippen molar-refractivity contribution in [1.29, 1.82) is 0 Å². The van der Waals surface area contributed by atoms with E-state index in [0.29, 0.717) is 42.3 Å². The lowest BCUT2D eigenvalue weighted by atomic mass is 10.1. The maximum Gasteiger partial charge on any atom is 0.410 e. The Kier molecular flexibility index (Phi) is 10.0. The first-order valence-electron chi connectivity index (χ1n) is 13.5. The quantitative estimate of drug-likeness (QED) is 0.342. The van der Waals surface area contributed by atoms with Crippen LogP contribution < -0.4 is 10.6 Å². The van der Waals surface area contributed by atoms with Crippen molar-refractivity contribution in [3.05, 3.63) is 54.7 Å². The maximum atomic E-state index is 13.9. The van der Waals surface area contributed by atoms with Crippen molar-refractivity contribution in [2.75, 3.05) is 23.7 Å². The Morgan fingerprint density at radius 3 is 1.81 bits per heavy atom. The Bertz CT molecular complexity index is 1430. The van der Waals surface area contributed by atoms with Crippen molar-refractivity contribution >= 4 is 86.3 Å². The molecule has 0 bridgehead atoms. The van der Waals surface area contributed by atoms with Gasteiger partial charge in [0.05, 0.1) is 22.5 Å². The Balaban J connectivity index is 1.53. The molecule has 2 aliphatic heterocycles. The van der Waals surface area contributed by atoms with Gasteiger partial charge in [-0.25, -0.2) is 9.59 Å². The largest absolute Gasteiger partial charge is 0.478 e. The summed E-state index contributed by atoms with van der Waals surface area (Å²) in [5.74, 6) is -2.52. The van der Waals surface area contributed by atoms with Gasteiger partial charge in [0, 0.05) is 20.2 Å². The first-order chi connectivity index (χ1) is 19.7. The lowest BCUT2D eigenvalue weighted by Gasteiger charge is -2.28. The Hall–Kier alpha value is -2.95. The van der Waals surface area contributed by atoms with Gasteiger partial charge in [-0.1, -0.05) is 0 Å². The third-order valence-corrected chi connectivity index (χ3v) is 8.28. The second-order valence-electron chi connectivity index (χ2n) is 11.2. The van der Waals surface area contributed by atoms with Gasteiger partial charge in [0.15, 0.2) is 0 Å². The molecule has 2 aliphatic rings. The van der Waals surface area contributed by atoms with Crippen LogP contribution in [0.4, 0.5) is 16.2 Å². The van der Waals surface area contributed by atoms with Crippen LogP contribution in [-0.2, 0) is 14.3 Å². The van der Waals surface area contributed by atoms with E-state index in [9.17, 15) is 29.1 Å². The standard InChI is InChI=1S/C29H32I2N4O7/c1-29(2,3)42-28(41)35-13-5-7-23(35)25(37)32-20-10-8-16(30)14-18(20)26(38)34-12-4-6-22(34)24(36)33-21-11-9-17(31)15-19(21)27(39)40/h8-11,14-15,22-23H,4-7,12-13H2,1-3H3,(H,32,37)(H,33,36)(H,39,40)/t22-,23-/m0/s1. The number of hydrogen-bond donors (Lipinski definition) is 3. The van der Waals surface area contributed by atoms with Crippen LogP contribution in [0.15, 0.2) is 36.4 Å². The molecule has 3 N–H and O–H groups in total. The zero-order chi connectivity index (χ0) is 30.8. The summed E-state index contributed by atoms with van der Waals surface area (Å²) in [6, 6.07) is 8.15. The van der Waals surface area contributed by atoms with Crippen LogP contribution in [0.2, 0.25) is 0 Å². The molecule has 2 aromatic carbocycles. The van der Waals surface area contributed by atoms with Crippen LogP contribution in [0.1, 0.15) is 67.2 Å². The minimum Gasteiger partial charge on any atom is -0.478 e. The predicted molar refractivity (Wildman–Crippen MR) is 173 cm³/mol. The van der Waals surface area contributed by atoms with Gasteiger partial charge in [-0.05, 0) is 128 Å². The number of carboxylic acids is 1. The van der Waals surface area contributed by atoms with Crippen molar-refractivity contribution in [3.63, 3.8) is 0 Å². The van der Waals surface area contributed by atoms with Crippen molar-refractivity contribution in [2.45, 2.75) is 64.1 Å². The van der Waals surface area contributed by atoms with Crippen molar-refractivity contribution in [3.8, 4) is 0 Å². The molecule has 224 valence electrons. The number of carbonyl (C=O) groups is 5. The number of hydrogen-bond acceptors (Lipinski definition) is 6. The van der Waals surface area contributed by atoms with E-state index >= 15 is 0 Å². The van der Waals surface area contributed by atoms with E-state index < -0.39 is 47.5 Å². The molecule has 0 radical (unpaired) electrons. The first kappa shape index (κ1) is 32.0. The summed E-state index contributed by atoms with van der Waals surface area (Å²) < 4.78 is 6.94. The Labute approximate surface area is 271 Å². The number of ether oxygens (including phenoxy) is 1. The van der Waals surface area contributed by atoms with Gasteiger partial charge in [-0.3, -0.25) is 19.3 Å². The Morgan fingerprint density at radius 2 is 1.29 bits per heavy atom. The van der Waals surface area contributed by atoms with E-state index in [-0.39, 0.29) is 22.5 Å². The molecule has 2 fully saturated rings. The zero-order valence-corrected chi connectivity index (χ0v) is 27.7. The fraction of sp³-hybridized carbons (Fsp3) is 0.414. The molecular formula is C29H32I2N4O7. The number of aromatic carboxylic acids is 1. The number of rotatable bonds is 6. The molecular weight excluding hydrogens is 770 g/mol. The molecule has 0 aromatic heterocycles. The number of nitrogens with one attached hydrogen (secondary N) is 2. The van der Waals surface area contributed by atoms with E-state index in [1.54, 1.807) is 45.0 Å². The number of anilines is 2. The molecule has 4 amide bonds. The van der Waals surface area contributed by atoms with Crippen LogP contribution in [-0.4, -0.2) is 75.5 Å². The first-order valence-corrected chi connectivity index (χ1v) is 15.7. The summed E-state index contributed by atoms with van der Waals surface area (Å²) in [4.78, 5) is 67.8. The van der Waals surface area contributed by atoms with Gasteiger partial charge in [0.1, 0.15) is 17.7 Å². The fourth-order valence-corrected chi connectivity index (χ4v) is 6.03. The molecule has 2 heterocycles. The lowest BCUT2D eigenvalue weighted by molar-refractivity contribution is -0.120. The van der Waals surface area contributed by atoms with Crippen molar-refractivity contribution in [2.24, 2.45) is 0 Å². The summed E-state index contributed by atoms with van der Waals surface area (Å²) in [6.45, 7) is 5.99. The van der Waals surface area contributed by atoms with Crippen LogP contribution in [0.3, 0.4) is 0 Å². The summed E-state index contributed by atoms with van der Waals surface area (Å²) in [5.41, 5.74) is -0.0966. The van der Waals surface area contributed by atoms with Crippen LogP contribution in [0.5, 0.6) is 0 Å². The van der Waals surface area contributed by atoms with Gasteiger partial charge in [0.2, 0.25) is 11.8 Å². The van der Waals surface area contributed by atoms with Crippen LogP contribution in [0.25, 0.3) is 0 Å². The monoisotopic (exact) mass is 802 g/mol. The molecule has 2 aromatic rings. The predicted octanol–water partition coefficient (Wildman–Crippen LogP) is 5.18. The maximum absolute atomic E-state index is 13.9. The molecule has 2 atom stereocenters. The number of amides is 4. The average molecular weight is 802 g/mol. The topological polar surface area (TPSA) is 145 Å². The number of halogens is 2. The molecule has 0 spiro atoms. The molecule has 11 nitrogen and oxygen atoms in total. The molecule has 2 saturated heterocycles. The van der Waals surface area contributed by atoms with Crippen LogP contribution in [0, 0.1) is 7.14 Å². The molecule has 42 heavy (non-hydrogen) atoms. The van der Waals surface area contributed by atoms with E-state index in [2.05, 4.69) is 33.2 Å². The highest BCUT2D eigenvalue weighted by molar-refractivity contribution is 14.1. The number of nitrogens with zero attached hydrogens (tertiary/aromatic N) is 2. The average Bonchev–Trinajstić information content (AvgIpc) is 3.60. The van der Waals surface area contributed by atoms with Crippen molar-refractivity contribution in [1.82, 2.24) is 9.80 Å². The lowest BCUT2D eigenvalue weighted by Crippen LogP contribution is -2.46. The second kappa shape index (κ2) is 13.1. The number of benzene rings is 2. The van der Waals surface area contributed by atoms with E-state index in [1.165, 1.54) is 21.9 Å².